The highest BCUT2D eigenvalue weighted by Gasteiger charge is 2.24. The molecule has 0 amide bonds. The van der Waals surface area contributed by atoms with Crippen molar-refractivity contribution in [3.63, 3.8) is 0 Å². The van der Waals surface area contributed by atoms with Crippen molar-refractivity contribution in [2.75, 3.05) is 18.7 Å². The summed E-state index contributed by atoms with van der Waals surface area (Å²) < 4.78 is 0. The molecule has 10 heavy (non-hydrogen) atoms. The molecule has 4 heteroatoms. The lowest BCUT2D eigenvalue weighted by Crippen LogP contribution is -2.41. The molecule has 1 N–H and O–H groups in total. The second-order valence-corrected chi connectivity index (χ2v) is 3.51. The average Bonchev–Trinajstić information content (AvgIpc) is 1.88. The Labute approximate surface area is 64.4 Å². The first-order valence-corrected chi connectivity index (χ1v) is 4.38. The number of nitrogens with zero attached hydrogens (tertiary/aromatic N) is 1. The van der Waals surface area contributed by atoms with E-state index in [9.17, 15) is 4.79 Å². The molecule has 58 valence electrons. The molecule has 3 nitrogen and oxygen atoms in total. The lowest BCUT2D eigenvalue weighted by molar-refractivity contribution is -0.142. The van der Waals surface area contributed by atoms with Crippen LogP contribution >= 0.6 is 11.8 Å². The van der Waals surface area contributed by atoms with Gasteiger partial charge in [0.2, 0.25) is 0 Å². The van der Waals surface area contributed by atoms with Crippen molar-refractivity contribution in [1.29, 1.82) is 0 Å². The third-order valence-corrected chi connectivity index (χ3v) is 2.76. The molecule has 1 aliphatic heterocycles. The Kier molecular flexibility index (Phi) is 2.56. The zero-order valence-corrected chi connectivity index (χ0v) is 6.73. The van der Waals surface area contributed by atoms with Gasteiger partial charge in [-0.2, -0.15) is 0 Å². The van der Waals surface area contributed by atoms with Crippen molar-refractivity contribution in [2.45, 2.75) is 12.5 Å². The summed E-state index contributed by atoms with van der Waals surface area (Å²) in [6.45, 7) is 0. The fraction of sp³-hybridized carbons (Fsp3) is 0.833. The van der Waals surface area contributed by atoms with Gasteiger partial charge in [-0.25, -0.2) is 0 Å². The average molecular weight is 161 g/mol. The van der Waals surface area contributed by atoms with Gasteiger partial charge in [0.25, 0.3) is 0 Å². The molecule has 0 spiro atoms. The van der Waals surface area contributed by atoms with Crippen LogP contribution in [-0.4, -0.2) is 40.7 Å². The number of carbonyl (C=O) groups is 1. The summed E-state index contributed by atoms with van der Waals surface area (Å²) in [6.07, 6.45) is 0.774. The standard InChI is InChI=1S/C6H11NO2S/c1-7-4-10-3-2-5(7)6(8)9/h5H,2-4H2,1H3,(H,8,9)/t5-/m0/s1. The Morgan fingerprint density at radius 2 is 2.50 bits per heavy atom. The summed E-state index contributed by atoms with van der Waals surface area (Å²) in [6, 6.07) is -0.249. The number of thioether (sulfide) groups is 1. The fourth-order valence-electron chi connectivity index (χ4n) is 1.03. The molecule has 1 rings (SSSR count). The summed E-state index contributed by atoms with van der Waals surface area (Å²) in [7, 11) is 1.85. The highest BCUT2D eigenvalue weighted by Crippen LogP contribution is 2.17. The maximum Gasteiger partial charge on any atom is 0.320 e. The van der Waals surface area contributed by atoms with E-state index in [1.807, 2.05) is 11.9 Å². The van der Waals surface area contributed by atoms with Gasteiger partial charge in [-0.1, -0.05) is 0 Å². The molecule has 1 atom stereocenters. The molecule has 0 radical (unpaired) electrons. The first-order chi connectivity index (χ1) is 4.72. The summed E-state index contributed by atoms with van der Waals surface area (Å²) in [5, 5.41) is 8.66. The van der Waals surface area contributed by atoms with Gasteiger partial charge in [-0.15, -0.1) is 11.8 Å². The third kappa shape index (κ3) is 1.64. The largest absolute Gasteiger partial charge is 0.480 e. The van der Waals surface area contributed by atoms with Gasteiger partial charge >= 0.3 is 5.97 Å². The SMILES string of the molecule is CN1CSCC[C@H]1C(=O)O. The number of carboxylic acid groups (broad SMARTS) is 1. The smallest absolute Gasteiger partial charge is 0.320 e. The monoisotopic (exact) mass is 161 g/mol. The molecule has 0 aromatic heterocycles. The second kappa shape index (κ2) is 3.25. The van der Waals surface area contributed by atoms with E-state index in [0.29, 0.717) is 0 Å². The highest BCUT2D eigenvalue weighted by atomic mass is 32.2. The van der Waals surface area contributed by atoms with Gasteiger partial charge in [-0.3, -0.25) is 9.69 Å². The van der Waals surface area contributed by atoms with Gasteiger partial charge in [0, 0.05) is 5.88 Å². The highest BCUT2D eigenvalue weighted by molar-refractivity contribution is 7.99. The van der Waals surface area contributed by atoms with Crippen LogP contribution < -0.4 is 0 Å². The van der Waals surface area contributed by atoms with Crippen LogP contribution in [0.25, 0.3) is 0 Å². The van der Waals surface area contributed by atoms with E-state index >= 15 is 0 Å². The minimum Gasteiger partial charge on any atom is -0.480 e. The Hall–Kier alpha value is -0.220. The Balaban J connectivity index is 2.47. The van der Waals surface area contributed by atoms with E-state index in [2.05, 4.69) is 0 Å². The molecular formula is C6H11NO2S. The number of likely N-dealkylation sites (N-methyl/N-ethyl adjacent to an activating group) is 1. The van der Waals surface area contributed by atoms with Crippen molar-refractivity contribution < 1.29 is 9.90 Å². The van der Waals surface area contributed by atoms with Crippen LogP contribution in [-0.2, 0) is 4.79 Å². The predicted octanol–water partition coefficient (Wildman–Crippen LogP) is 0.466. The van der Waals surface area contributed by atoms with Gasteiger partial charge in [0.05, 0.1) is 0 Å². The third-order valence-electron chi connectivity index (χ3n) is 1.65. The Morgan fingerprint density at radius 3 is 2.90 bits per heavy atom. The molecule has 0 aromatic rings. The summed E-state index contributed by atoms with van der Waals surface area (Å²) in [5.74, 6) is 1.13. The lowest BCUT2D eigenvalue weighted by Gasteiger charge is -2.28. The number of carboxylic acids is 1. The van der Waals surface area contributed by atoms with Crippen LogP contribution in [0, 0.1) is 0 Å². The fourth-order valence-corrected chi connectivity index (χ4v) is 2.01. The Bertz CT molecular complexity index is 140. The lowest BCUT2D eigenvalue weighted by atomic mass is 10.2. The van der Waals surface area contributed by atoms with Crippen LogP contribution in [0.5, 0.6) is 0 Å². The van der Waals surface area contributed by atoms with E-state index in [1.165, 1.54) is 0 Å². The van der Waals surface area contributed by atoms with Gasteiger partial charge in [-0.05, 0) is 19.2 Å². The predicted molar refractivity (Wildman–Crippen MR) is 41.1 cm³/mol. The van der Waals surface area contributed by atoms with Crippen LogP contribution in [0.2, 0.25) is 0 Å². The molecule has 0 aliphatic carbocycles. The van der Waals surface area contributed by atoms with E-state index in [0.717, 1.165) is 18.1 Å². The molecule has 1 saturated heterocycles. The summed E-state index contributed by atoms with van der Waals surface area (Å²) >= 11 is 1.79. The van der Waals surface area contributed by atoms with Crippen molar-refractivity contribution in [3.8, 4) is 0 Å². The normalized spacial score (nSPS) is 28.3. The number of hydrogen-bond acceptors (Lipinski definition) is 3. The molecule has 0 bridgehead atoms. The molecule has 1 heterocycles. The van der Waals surface area contributed by atoms with Crippen molar-refractivity contribution in [1.82, 2.24) is 4.90 Å². The minimum atomic E-state index is -0.692. The van der Waals surface area contributed by atoms with Gasteiger partial charge in [0.1, 0.15) is 6.04 Å². The van der Waals surface area contributed by atoms with Gasteiger partial charge < -0.3 is 5.11 Å². The topological polar surface area (TPSA) is 40.5 Å². The number of aliphatic carboxylic acids is 1. The minimum absolute atomic E-state index is 0.249. The van der Waals surface area contributed by atoms with Crippen molar-refractivity contribution >= 4 is 17.7 Å². The molecule has 0 aromatic carbocycles. The zero-order valence-electron chi connectivity index (χ0n) is 5.91. The second-order valence-electron chi connectivity index (χ2n) is 2.44. The van der Waals surface area contributed by atoms with Crippen LogP contribution in [0.1, 0.15) is 6.42 Å². The maximum atomic E-state index is 10.5. The number of hydrogen-bond donors (Lipinski definition) is 1. The van der Waals surface area contributed by atoms with E-state index in [4.69, 9.17) is 5.11 Å². The van der Waals surface area contributed by atoms with Crippen molar-refractivity contribution in [2.24, 2.45) is 0 Å². The molecule has 1 fully saturated rings. The quantitative estimate of drug-likeness (QED) is 0.606. The molecular weight excluding hydrogens is 150 g/mol. The number of rotatable bonds is 1. The van der Waals surface area contributed by atoms with E-state index in [1.54, 1.807) is 11.8 Å². The van der Waals surface area contributed by atoms with Gasteiger partial charge in [0.15, 0.2) is 0 Å². The maximum absolute atomic E-state index is 10.5. The Morgan fingerprint density at radius 1 is 1.80 bits per heavy atom. The molecule has 1 aliphatic rings. The van der Waals surface area contributed by atoms with Crippen LogP contribution in [0.4, 0.5) is 0 Å². The van der Waals surface area contributed by atoms with Crippen molar-refractivity contribution in [3.05, 3.63) is 0 Å². The zero-order chi connectivity index (χ0) is 7.56. The first kappa shape index (κ1) is 7.88. The van der Waals surface area contributed by atoms with Crippen LogP contribution in [0.15, 0.2) is 0 Å². The van der Waals surface area contributed by atoms with Crippen LogP contribution in [0.3, 0.4) is 0 Å². The van der Waals surface area contributed by atoms with E-state index < -0.39 is 5.97 Å². The molecule has 0 unspecified atom stereocenters. The first-order valence-electron chi connectivity index (χ1n) is 3.22. The summed E-state index contributed by atoms with van der Waals surface area (Å²) in [5.41, 5.74) is 0. The molecule has 0 saturated carbocycles. The summed E-state index contributed by atoms with van der Waals surface area (Å²) in [4.78, 5) is 12.4. The van der Waals surface area contributed by atoms with E-state index in [-0.39, 0.29) is 6.04 Å².